The number of hydrogen-bond donors (Lipinski definition) is 1. The zero-order chi connectivity index (χ0) is 17.0. The van der Waals surface area contributed by atoms with Gasteiger partial charge in [0, 0.05) is 18.5 Å². The Hall–Kier alpha value is -2.34. The first-order chi connectivity index (χ1) is 10.9. The Bertz CT molecular complexity index is 696. The van der Waals surface area contributed by atoms with E-state index < -0.39 is 11.9 Å². The molecule has 1 unspecified atom stereocenters. The molecule has 1 N–H and O–H groups in total. The molecule has 122 valence electrons. The van der Waals surface area contributed by atoms with Crippen molar-refractivity contribution in [2.45, 2.75) is 6.92 Å². The molecule has 0 saturated carbocycles. The molecule has 2 aromatic rings. The van der Waals surface area contributed by atoms with Crippen LogP contribution in [0, 0.1) is 5.92 Å². The average molecular weight is 333 g/mol. The number of carbonyl (C=O) groups excluding carboxylic acids is 1. The van der Waals surface area contributed by atoms with Gasteiger partial charge in [-0.05, 0) is 11.6 Å². The standard InChI is InChI=1S/C17H19NO4S/c1-11(17(20)21)10-18(2)16(19)15-13(22-3)9-14(23-15)12-7-5-4-6-8-12/h4-9,11H,10H2,1-3H3,(H,20,21). The van der Waals surface area contributed by atoms with Crippen LogP contribution in [0.25, 0.3) is 10.4 Å². The summed E-state index contributed by atoms with van der Waals surface area (Å²) in [5.41, 5.74) is 1.01. The number of methoxy groups -OCH3 is 1. The number of ether oxygens (including phenoxy) is 1. The van der Waals surface area contributed by atoms with Gasteiger partial charge < -0.3 is 14.7 Å². The predicted octanol–water partition coefficient (Wildman–Crippen LogP) is 3.22. The molecule has 0 fully saturated rings. The number of amides is 1. The predicted molar refractivity (Wildman–Crippen MR) is 90.1 cm³/mol. The third-order valence-corrected chi connectivity index (χ3v) is 4.64. The molecule has 23 heavy (non-hydrogen) atoms. The van der Waals surface area contributed by atoms with Crippen LogP contribution in [0.15, 0.2) is 36.4 Å². The van der Waals surface area contributed by atoms with Crippen LogP contribution in [0.2, 0.25) is 0 Å². The summed E-state index contributed by atoms with van der Waals surface area (Å²) in [5.74, 6) is -1.27. The summed E-state index contributed by atoms with van der Waals surface area (Å²) in [5, 5.41) is 8.98. The summed E-state index contributed by atoms with van der Waals surface area (Å²) < 4.78 is 5.32. The van der Waals surface area contributed by atoms with Crippen LogP contribution in [-0.2, 0) is 4.79 Å². The third kappa shape index (κ3) is 3.90. The van der Waals surface area contributed by atoms with E-state index in [-0.39, 0.29) is 12.5 Å². The first-order valence-corrected chi connectivity index (χ1v) is 7.97. The fourth-order valence-corrected chi connectivity index (χ4v) is 3.29. The summed E-state index contributed by atoms with van der Waals surface area (Å²) in [4.78, 5) is 26.4. The van der Waals surface area contributed by atoms with Gasteiger partial charge in [-0.2, -0.15) is 0 Å². The maximum Gasteiger partial charge on any atom is 0.308 e. The minimum Gasteiger partial charge on any atom is -0.495 e. The smallest absolute Gasteiger partial charge is 0.308 e. The molecule has 0 aliphatic rings. The Morgan fingerprint density at radius 2 is 1.96 bits per heavy atom. The second kappa shape index (κ2) is 7.28. The van der Waals surface area contributed by atoms with E-state index in [2.05, 4.69) is 0 Å². The van der Waals surface area contributed by atoms with Gasteiger partial charge >= 0.3 is 5.97 Å². The van der Waals surface area contributed by atoms with Crippen molar-refractivity contribution in [1.82, 2.24) is 4.90 Å². The van der Waals surface area contributed by atoms with Crippen molar-refractivity contribution in [2.24, 2.45) is 5.92 Å². The highest BCUT2D eigenvalue weighted by Gasteiger charge is 2.23. The number of thiophene rings is 1. The van der Waals surface area contributed by atoms with E-state index in [0.29, 0.717) is 10.6 Å². The first-order valence-electron chi connectivity index (χ1n) is 7.15. The zero-order valence-corrected chi connectivity index (χ0v) is 14.1. The first kappa shape index (κ1) is 17.0. The molecule has 0 aliphatic carbocycles. The number of aliphatic carboxylic acids is 1. The Morgan fingerprint density at radius 3 is 2.52 bits per heavy atom. The molecule has 1 aromatic heterocycles. The zero-order valence-electron chi connectivity index (χ0n) is 13.3. The maximum atomic E-state index is 12.6. The number of nitrogens with zero attached hydrogens (tertiary/aromatic N) is 1. The summed E-state index contributed by atoms with van der Waals surface area (Å²) in [6, 6.07) is 11.6. The molecule has 2 rings (SSSR count). The van der Waals surface area contributed by atoms with Crippen LogP contribution in [0.1, 0.15) is 16.6 Å². The van der Waals surface area contributed by atoms with Gasteiger partial charge in [0.15, 0.2) is 0 Å². The van der Waals surface area contributed by atoms with Crippen molar-refractivity contribution in [3.8, 4) is 16.2 Å². The van der Waals surface area contributed by atoms with Gasteiger partial charge in [-0.1, -0.05) is 37.3 Å². The molecule has 0 spiro atoms. The molecule has 1 amide bonds. The van der Waals surface area contributed by atoms with Gasteiger partial charge in [0.2, 0.25) is 0 Å². The van der Waals surface area contributed by atoms with Crippen LogP contribution >= 0.6 is 11.3 Å². The summed E-state index contributed by atoms with van der Waals surface area (Å²) >= 11 is 1.35. The molecule has 1 atom stereocenters. The van der Waals surface area contributed by atoms with Gasteiger partial charge in [-0.25, -0.2) is 0 Å². The van der Waals surface area contributed by atoms with Crippen LogP contribution in [0.4, 0.5) is 0 Å². The van der Waals surface area contributed by atoms with E-state index in [1.165, 1.54) is 23.3 Å². The van der Waals surface area contributed by atoms with Gasteiger partial charge in [0.05, 0.1) is 13.0 Å². The molecule has 0 radical (unpaired) electrons. The minimum atomic E-state index is -0.923. The largest absolute Gasteiger partial charge is 0.495 e. The van der Waals surface area contributed by atoms with E-state index in [0.717, 1.165) is 10.4 Å². The Kier molecular flexibility index (Phi) is 5.39. The Labute approximate surface area is 139 Å². The number of carboxylic acid groups (broad SMARTS) is 1. The van der Waals surface area contributed by atoms with Gasteiger partial charge in [0.25, 0.3) is 5.91 Å². The molecule has 0 aliphatic heterocycles. The summed E-state index contributed by atoms with van der Waals surface area (Å²) in [7, 11) is 3.12. The third-order valence-electron chi connectivity index (χ3n) is 3.49. The van der Waals surface area contributed by atoms with E-state index in [9.17, 15) is 9.59 Å². The van der Waals surface area contributed by atoms with Crippen molar-refractivity contribution < 1.29 is 19.4 Å². The monoisotopic (exact) mass is 333 g/mol. The van der Waals surface area contributed by atoms with Crippen molar-refractivity contribution in [3.63, 3.8) is 0 Å². The molecule has 0 bridgehead atoms. The Balaban J connectivity index is 2.26. The lowest BCUT2D eigenvalue weighted by atomic mass is 10.1. The normalized spacial score (nSPS) is 11.8. The van der Waals surface area contributed by atoms with Crippen LogP contribution in [0.5, 0.6) is 5.75 Å². The number of carbonyl (C=O) groups is 2. The number of rotatable bonds is 6. The van der Waals surface area contributed by atoms with Crippen molar-refractivity contribution >= 4 is 23.2 Å². The van der Waals surface area contributed by atoms with E-state index in [4.69, 9.17) is 9.84 Å². The number of carboxylic acids is 1. The molecule has 0 saturated heterocycles. The number of benzene rings is 1. The lowest BCUT2D eigenvalue weighted by Crippen LogP contribution is -2.33. The fraction of sp³-hybridized carbons (Fsp3) is 0.294. The number of hydrogen-bond acceptors (Lipinski definition) is 4. The van der Waals surface area contributed by atoms with Crippen LogP contribution in [-0.4, -0.2) is 42.6 Å². The van der Waals surface area contributed by atoms with Gasteiger partial charge in [0.1, 0.15) is 10.6 Å². The van der Waals surface area contributed by atoms with Crippen molar-refractivity contribution in [3.05, 3.63) is 41.3 Å². The summed E-state index contributed by atoms with van der Waals surface area (Å²) in [6.45, 7) is 1.73. The van der Waals surface area contributed by atoms with E-state index in [1.807, 2.05) is 36.4 Å². The highest BCUT2D eigenvalue weighted by Crippen LogP contribution is 2.36. The SMILES string of the molecule is COc1cc(-c2ccccc2)sc1C(=O)N(C)CC(C)C(=O)O. The molecule has 1 heterocycles. The van der Waals surface area contributed by atoms with Gasteiger partial charge in [-0.3, -0.25) is 9.59 Å². The topological polar surface area (TPSA) is 66.8 Å². The quantitative estimate of drug-likeness (QED) is 0.881. The second-order valence-corrected chi connectivity index (χ2v) is 6.35. The van der Waals surface area contributed by atoms with Crippen LogP contribution < -0.4 is 4.74 Å². The lowest BCUT2D eigenvalue weighted by Gasteiger charge is -2.19. The highest BCUT2D eigenvalue weighted by atomic mass is 32.1. The molecular weight excluding hydrogens is 314 g/mol. The second-order valence-electron chi connectivity index (χ2n) is 5.30. The molecule has 5 nitrogen and oxygen atoms in total. The molecular formula is C17H19NO4S. The molecule has 1 aromatic carbocycles. The Morgan fingerprint density at radius 1 is 1.30 bits per heavy atom. The highest BCUT2D eigenvalue weighted by molar-refractivity contribution is 7.17. The lowest BCUT2D eigenvalue weighted by molar-refractivity contribution is -0.141. The summed E-state index contributed by atoms with van der Waals surface area (Å²) in [6.07, 6.45) is 0. The average Bonchev–Trinajstić information content (AvgIpc) is 2.99. The van der Waals surface area contributed by atoms with Crippen LogP contribution in [0.3, 0.4) is 0 Å². The molecule has 6 heteroatoms. The van der Waals surface area contributed by atoms with Crippen molar-refractivity contribution in [2.75, 3.05) is 20.7 Å². The maximum absolute atomic E-state index is 12.6. The van der Waals surface area contributed by atoms with E-state index in [1.54, 1.807) is 14.0 Å². The fourth-order valence-electron chi connectivity index (χ4n) is 2.16. The van der Waals surface area contributed by atoms with Crippen molar-refractivity contribution in [1.29, 1.82) is 0 Å². The van der Waals surface area contributed by atoms with E-state index >= 15 is 0 Å². The van der Waals surface area contributed by atoms with Gasteiger partial charge in [-0.15, -0.1) is 11.3 Å². The minimum absolute atomic E-state index is 0.149.